The Bertz CT molecular complexity index is 1080. The van der Waals surface area contributed by atoms with E-state index in [1.54, 1.807) is 11.6 Å². The third kappa shape index (κ3) is 3.19. The number of aryl methyl sites for hydroxylation is 4. The molecule has 3 aromatic heterocycles. The normalized spacial score (nSPS) is 11.2. The van der Waals surface area contributed by atoms with Crippen LogP contribution in [0.1, 0.15) is 23.4 Å². The summed E-state index contributed by atoms with van der Waals surface area (Å²) in [6.45, 7) is 4.31. The molecule has 0 aromatic carbocycles. The fraction of sp³-hybridized carbons (Fsp3) is 0.438. The molecule has 1 amide bonds. The van der Waals surface area contributed by atoms with Gasteiger partial charge in [0.25, 0.3) is 5.56 Å². The van der Waals surface area contributed by atoms with Gasteiger partial charge in [-0.15, -0.1) is 11.3 Å². The van der Waals surface area contributed by atoms with Crippen molar-refractivity contribution < 1.29 is 4.79 Å². The van der Waals surface area contributed by atoms with Crippen molar-refractivity contribution in [2.45, 2.75) is 33.2 Å². The highest BCUT2D eigenvalue weighted by Crippen LogP contribution is 2.21. The van der Waals surface area contributed by atoms with Gasteiger partial charge >= 0.3 is 5.69 Å². The molecule has 0 spiro atoms. The van der Waals surface area contributed by atoms with Gasteiger partial charge in [0.2, 0.25) is 5.91 Å². The molecule has 0 atom stereocenters. The number of amides is 1. The largest absolute Gasteiger partial charge is 0.332 e. The third-order valence-electron chi connectivity index (χ3n) is 4.29. The number of hydrogen-bond acceptors (Lipinski definition) is 6. The minimum absolute atomic E-state index is 0.122. The van der Waals surface area contributed by atoms with Crippen molar-refractivity contribution in [3.8, 4) is 0 Å². The van der Waals surface area contributed by atoms with E-state index in [1.807, 2.05) is 13.8 Å². The van der Waals surface area contributed by atoms with Crippen molar-refractivity contribution in [1.29, 1.82) is 0 Å². The van der Waals surface area contributed by atoms with Crippen LogP contribution in [0, 0.1) is 13.8 Å². The molecule has 0 aliphatic rings. The second kappa shape index (κ2) is 6.87. The van der Waals surface area contributed by atoms with E-state index in [9.17, 15) is 14.4 Å². The van der Waals surface area contributed by atoms with Crippen molar-refractivity contribution in [3.05, 3.63) is 37.7 Å². The lowest BCUT2D eigenvalue weighted by atomic mass is 10.3. The number of rotatable bonds is 5. The molecule has 3 aromatic rings. The van der Waals surface area contributed by atoms with Gasteiger partial charge in [0.1, 0.15) is 0 Å². The molecule has 9 nitrogen and oxygen atoms in total. The number of aromatic nitrogens is 5. The van der Waals surface area contributed by atoms with Crippen molar-refractivity contribution in [1.82, 2.24) is 23.7 Å². The number of hydrogen-bond donors (Lipinski definition) is 1. The fourth-order valence-corrected chi connectivity index (χ4v) is 3.52. The monoisotopic (exact) mass is 376 g/mol. The fourth-order valence-electron chi connectivity index (χ4n) is 2.68. The molecule has 26 heavy (non-hydrogen) atoms. The molecule has 1 N–H and O–H groups in total. The summed E-state index contributed by atoms with van der Waals surface area (Å²) >= 11 is 1.45. The van der Waals surface area contributed by atoms with Crippen LogP contribution in [-0.4, -0.2) is 29.6 Å². The Morgan fingerprint density at radius 1 is 1.23 bits per heavy atom. The van der Waals surface area contributed by atoms with Crippen LogP contribution >= 0.6 is 11.3 Å². The van der Waals surface area contributed by atoms with E-state index in [0.717, 1.165) is 15.1 Å². The molecule has 0 saturated carbocycles. The Labute approximate surface area is 152 Å². The number of carbonyl (C=O) groups is 1. The lowest BCUT2D eigenvalue weighted by Gasteiger charge is -2.06. The number of thiazole rings is 1. The van der Waals surface area contributed by atoms with Gasteiger partial charge in [-0.25, -0.2) is 14.8 Å². The van der Waals surface area contributed by atoms with Crippen LogP contribution in [0.25, 0.3) is 11.2 Å². The van der Waals surface area contributed by atoms with Crippen molar-refractivity contribution >= 4 is 33.5 Å². The van der Waals surface area contributed by atoms with Crippen LogP contribution in [0.15, 0.2) is 15.9 Å². The summed E-state index contributed by atoms with van der Waals surface area (Å²) in [5.41, 5.74) is 0.814. The third-order valence-corrected chi connectivity index (χ3v) is 5.28. The van der Waals surface area contributed by atoms with Gasteiger partial charge in [-0.1, -0.05) is 0 Å². The number of nitrogens with zero attached hydrogens (tertiary/aromatic N) is 5. The minimum Gasteiger partial charge on any atom is -0.325 e. The molecule has 138 valence electrons. The number of nitrogens with one attached hydrogen (secondary N) is 1. The van der Waals surface area contributed by atoms with E-state index in [1.165, 1.54) is 29.3 Å². The predicted molar refractivity (Wildman–Crippen MR) is 99.7 cm³/mol. The standard InChI is InChI=1S/C16H20N6O3S/c1-9-10(2)26-15(18-9)19-11(23)6-5-7-22-8-17-13-12(22)14(24)21(4)16(25)20(13)3/h8H,5-7H2,1-4H3,(H,18,19,23). The Kier molecular flexibility index (Phi) is 4.77. The predicted octanol–water partition coefficient (Wildman–Crippen LogP) is 0.926. The first-order valence-electron chi connectivity index (χ1n) is 8.14. The van der Waals surface area contributed by atoms with Gasteiger partial charge in [0.15, 0.2) is 16.3 Å². The minimum atomic E-state index is -0.416. The van der Waals surface area contributed by atoms with E-state index >= 15 is 0 Å². The number of anilines is 1. The number of imidazole rings is 1. The van der Waals surface area contributed by atoms with Crippen LogP contribution in [0.3, 0.4) is 0 Å². The van der Waals surface area contributed by atoms with E-state index in [-0.39, 0.29) is 5.91 Å². The Morgan fingerprint density at radius 3 is 2.62 bits per heavy atom. The average Bonchev–Trinajstić information content (AvgIpc) is 3.14. The lowest BCUT2D eigenvalue weighted by molar-refractivity contribution is -0.116. The molecule has 3 rings (SSSR count). The van der Waals surface area contributed by atoms with E-state index in [0.29, 0.717) is 35.7 Å². The van der Waals surface area contributed by atoms with E-state index < -0.39 is 11.2 Å². The number of carbonyl (C=O) groups excluding carboxylic acids is 1. The van der Waals surface area contributed by atoms with Gasteiger partial charge in [-0.3, -0.25) is 18.7 Å². The topological polar surface area (TPSA) is 104 Å². The molecule has 0 fully saturated rings. The van der Waals surface area contributed by atoms with E-state index in [4.69, 9.17) is 0 Å². The van der Waals surface area contributed by atoms with Crippen molar-refractivity contribution in [3.63, 3.8) is 0 Å². The van der Waals surface area contributed by atoms with Gasteiger partial charge in [0, 0.05) is 31.9 Å². The first-order valence-corrected chi connectivity index (χ1v) is 8.96. The zero-order valence-electron chi connectivity index (χ0n) is 15.1. The maximum Gasteiger partial charge on any atom is 0.332 e. The lowest BCUT2D eigenvalue weighted by Crippen LogP contribution is -2.37. The summed E-state index contributed by atoms with van der Waals surface area (Å²) in [5.74, 6) is -0.122. The summed E-state index contributed by atoms with van der Waals surface area (Å²) < 4.78 is 4.08. The second-order valence-corrected chi connectivity index (χ2v) is 7.33. The molecule has 0 radical (unpaired) electrons. The summed E-state index contributed by atoms with van der Waals surface area (Å²) in [5, 5.41) is 3.39. The number of fused-ring (bicyclic) bond motifs is 1. The molecular formula is C16H20N6O3S. The van der Waals surface area contributed by atoms with Crippen LogP contribution < -0.4 is 16.6 Å². The van der Waals surface area contributed by atoms with Crippen molar-refractivity contribution in [2.75, 3.05) is 5.32 Å². The molecule has 0 aliphatic carbocycles. The zero-order chi connectivity index (χ0) is 19.0. The van der Waals surface area contributed by atoms with E-state index in [2.05, 4.69) is 15.3 Å². The highest BCUT2D eigenvalue weighted by atomic mass is 32.1. The Morgan fingerprint density at radius 2 is 1.96 bits per heavy atom. The zero-order valence-corrected chi connectivity index (χ0v) is 15.9. The summed E-state index contributed by atoms with van der Waals surface area (Å²) in [4.78, 5) is 45.9. The highest BCUT2D eigenvalue weighted by Gasteiger charge is 2.14. The molecule has 0 unspecified atom stereocenters. The second-order valence-electron chi connectivity index (χ2n) is 6.13. The van der Waals surface area contributed by atoms with Crippen LogP contribution in [-0.2, 0) is 25.4 Å². The highest BCUT2D eigenvalue weighted by molar-refractivity contribution is 7.15. The van der Waals surface area contributed by atoms with Crippen molar-refractivity contribution in [2.24, 2.45) is 14.1 Å². The summed E-state index contributed by atoms with van der Waals surface area (Å²) in [6.07, 6.45) is 2.35. The Hall–Kier alpha value is -2.75. The van der Waals surface area contributed by atoms with Crippen LogP contribution in [0.5, 0.6) is 0 Å². The van der Waals surface area contributed by atoms with Gasteiger partial charge < -0.3 is 9.88 Å². The molecule has 0 saturated heterocycles. The maximum atomic E-state index is 12.4. The first-order chi connectivity index (χ1) is 12.3. The molecule has 3 heterocycles. The van der Waals surface area contributed by atoms with Crippen LogP contribution in [0.2, 0.25) is 0 Å². The molecule has 0 aliphatic heterocycles. The van der Waals surface area contributed by atoms with Crippen LogP contribution in [0.4, 0.5) is 5.13 Å². The Balaban J connectivity index is 1.70. The average molecular weight is 376 g/mol. The molecular weight excluding hydrogens is 356 g/mol. The van der Waals surface area contributed by atoms with Gasteiger partial charge in [-0.2, -0.15) is 0 Å². The van der Waals surface area contributed by atoms with Gasteiger partial charge in [0.05, 0.1) is 12.0 Å². The molecule has 0 bridgehead atoms. The first kappa shape index (κ1) is 18.1. The summed E-state index contributed by atoms with van der Waals surface area (Å²) in [6, 6.07) is 0. The summed E-state index contributed by atoms with van der Waals surface area (Å²) in [7, 11) is 3.01. The SMILES string of the molecule is Cc1nc(NC(=O)CCCn2cnc3c2c(=O)n(C)c(=O)n3C)sc1C. The van der Waals surface area contributed by atoms with Gasteiger partial charge in [-0.05, 0) is 20.3 Å². The quantitative estimate of drug-likeness (QED) is 0.713. The smallest absolute Gasteiger partial charge is 0.325 e. The maximum absolute atomic E-state index is 12.4. The molecule has 10 heteroatoms.